The minimum atomic E-state index is -1.09. The van der Waals surface area contributed by atoms with E-state index in [-0.39, 0.29) is 17.2 Å². The van der Waals surface area contributed by atoms with Gasteiger partial charge in [-0.3, -0.25) is 4.79 Å². The van der Waals surface area contributed by atoms with Crippen molar-refractivity contribution in [3.8, 4) is 0 Å². The van der Waals surface area contributed by atoms with E-state index in [0.717, 1.165) is 5.56 Å². The van der Waals surface area contributed by atoms with Gasteiger partial charge in [0.15, 0.2) is 0 Å². The Hall–Kier alpha value is -2.59. The van der Waals surface area contributed by atoms with Gasteiger partial charge in [0.05, 0.1) is 11.3 Å². The summed E-state index contributed by atoms with van der Waals surface area (Å²) in [5.74, 6) is -1.45. The molecule has 5 heteroatoms. The molecule has 22 heavy (non-hydrogen) atoms. The molecule has 0 saturated carbocycles. The van der Waals surface area contributed by atoms with Crippen LogP contribution in [0.3, 0.4) is 0 Å². The van der Waals surface area contributed by atoms with Crippen molar-refractivity contribution in [2.24, 2.45) is 0 Å². The maximum absolute atomic E-state index is 12.2. The van der Waals surface area contributed by atoms with Crippen molar-refractivity contribution in [1.82, 2.24) is 0 Å². The lowest BCUT2D eigenvalue weighted by molar-refractivity contribution is -0.112. The quantitative estimate of drug-likeness (QED) is 0.835. The molecule has 1 amide bonds. The van der Waals surface area contributed by atoms with Gasteiger partial charge in [-0.05, 0) is 42.8 Å². The molecular formula is C17H14ClNO3. The number of carbonyl (C=O) groups is 2. The molecule has 0 heterocycles. The number of nitrogens with one attached hydrogen (secondary N) is 1. The number of rotatable bonds is 4. The third kappa shape index (κ3) is 3.96. The summed E-state index contributed by atoms with van der Waals surface area (Å²) in [6, 6.07) is 13.3. The topological polar surface area (TPSA) is 66.4 Å². The first-order chi connectivity index (χ1) is 10.5. The number of amides is 1. The molecule has 2 rings (SSSR count). The Bertz CT molecular complexity index is 736. The fourth-order valence-electron chi connectivity index (χ4n) is 1.87. The summed E-state index contributed by atoms with van der Waals surface area (Å²) in [6.07, 6.45) is 1.70. The average Bonchev–Trinajstić information content (AvgIpc) is 2.49. The molecule has 0 fully saturated rings. The van der Waals surface area contributed by atoms with Gasteiger partial charge in [0, 0.05) is 10.6 Å². The zero-order chi connectivity index (χ0) is 16.1. The number of anilines is 1. The molecule has 0 unspecified atom stereocenters. The van der Waals surface area contributed by atoms with E-state index in [1.807, 2.05) is 0 Å². The molecule has 2 N–H and O–H groups in total. The van der Waals surface area contributed by atoms with Crippen LogP contribution in [0.5, 0.6) is 0 Å². The van der Waals surface area contributed by atoms with E-state index in [1.54, 1.807) is 55.5 Å². The Kier molecular flexibility index (Phi) is 4.96. The molecule has 0 bridgehead atoms. The minimum Gasteiger partial charge on any atom is -0.478 e. The molecule has 2 aromatic rings. The Balaban J connectivity index is 2.18. The van der Waals surface area contributed by atoms with E-state index in [9.17, 15) is 9.59 Å². The standard InChI is InChI=1S/C17H14ClNO3/c1-11(10-12-6-8-13(18)9-7-12)16(20)19-15-5-3-2-4-14(15)17(21)22/h2-10H,1H3,(H,19,20)(H,21,22). The summed E-state index contributed by atoms with van der Waals surface area (Å²) in [7, 11) is 0. The van der Waals surface area contributed by atoms with E-state index in [2.05, 4.69) is 5.32 Å². The summed E-state index contributed by atoms with van der Waals surface area (Å²) in [6.45, 7) is 1.66. The second kappa shape index (κ2) is 6.91. The normalized spacial score (nSPS) is 11.1. The Labute approximate surface area is 133 Å². The predicted molar refractivity (Wildman–Crippen MR) is 87.1 cm³/mol. The first-order valence-corrected chi connectivity index (χ1v) is 6.92. The summed E-state index contributed by atoms with van der Waals surface area (Å²) < 4.78 is 0. The number of hydrogen-bond acceptors (Lipinski definition) is 2. The number of carboxylic acid groups (broad SMARTS) is 1. The Morgan fingerprint density at radius 3 is 2.36 bits per heavy atom. The molecule has 0 aliphatic carbocycles. The third-order valence-corrected chi connectivity index (χ3v) is 3.27. The third-order valence-electron chi connectivity index (χ3n) is 3.02. The maximum Gasteiger partial charge on any atom is 0.337 e. The van der Waals surface area contributed by atoms with Gasteiger partial charge >= 0.3 is 5.97 Å². The van der Waals surface area contributed by atoms with Crippen molar-refractivity contribution >= 4 is 35.2 Å². The fourth-order valence-corrected chi connectivity index (χ4v) is 2.00. The number of halogens is 1. The molecule has 0 aliphatic heterocycles. The van der Waals surface area contributed by atoms with Gasteiger partial charge in [0.25, 0.3) is 5.91 Å². The molecule has 0 spiro atoms. The first kappa shape index (κ1) is 15.8. The fraction of sp³-hybridized carbons (Fsp3) is 0.0588. The van der Waals surface area contributed by atoms with Crippen LogP contribution in [0.2, 0.25) is 5.02 Å². The molecule has 0 atom stereocenters. The van der Waals surface area contributed by atoms with Crippen LogP contribution in [-0.2, 0) is 4.79 Å². The van der Waals surface area contributed by atoms with Crippen LogP contribution in [0, 0.1) is 0 Å². The van der Waals surface area contributed by atoms with Crippen molar-refractivity contribution < 1.29 is 14.7 Å². The smallest absolute Gasteiger partial charge is 0.337 e. The molecule has 0 aliphatic rings. The second-order valence-electron chi connectivity index (χ2n) is 4.68. The van der Waals surface area contributed by atoms with Gasteiger partial charge < -0.3 is 10.4 Å². The van der Waals surface area contributed by atoms with Crippen LogP contribution >= 0.6 is 11.6 Å². The van der Waals surface area contributed by atoms with E-state index >= 15 is 0 Å². The van der Waals surface area contributed by atoms with E-state index < -0.39 is 5.97 Å². The second-order valence-corrected chi connectivity index (χ2v) is 5.12. The number of para-hydroxylation sites is 1. The highest BCUT2D eigenvalue weighted by atomic mass is 35.5. The summed E-state index contributed by atoms with van der Waals surface area (Å²) >= 11 is 5.81. The molecule has 4 nitrogen and oxygen atoms in total. The predicted octanol–water partition coefficient (Wildman–Crippen LogP) is 4.08. The lowest BCUT2D eigenvalue weighted by atomic mass is 10.1. The Morgan fingerprint density at radius 1 is 1.09 bits per heavy atom. The SMILES string of the molecule is CC(=Cc1ccc(Cl)cc1)C(=O)Nc1ccccc1C(=O)O. The number of hydrogen-bond donors (Lipinski definition) is 2. The molecule has 112 valence electrons. The van der Waals surface area contributed by atoms with Crippen LogP contribution in [-0.4, -0.2) is 17.0 Å². The average molecular weight is 316 g/mol. The van der Waals surface area contributed by atoms with E-state index in [4.69, 9.17) is 16.7 Å². The summed E-state index contributed by atoms with van der Waals surface area (Å²) in [5.41, 5.74) is 1.62. The van der Waals surface area contributed by atoms with Crippen molar-refractivity contribution in [3.63, 3.8) is 0 Å². The monoisotopic (exact) mass is 315 g/mol. The summed E-state index contributed by atoms with van der Waals surface area (Å²) in [5, 5.41) is 12.3. The number of benzene rings is 2. The van der Waals surface area contributed by atoms with Gasteiger partial charge in [0.1, 0.15) is 0 Å². The summed E-state index contributed by atoms with van der Waals surface area (Å²) in [4.78, 5) is 23.3. The van der Waals surface area contributed by atoms with Crippen LogP contribution in [0.25, 0.3) is 6.08 Å². The lowest BCUT2D eigenvalue weighted by Crippen LogP contribution is -2.15. The highest BCUT2D eigenvalue weighted by Gasteiger charge is 2.12. The van der Waals surface area contributed by atoms with Gasteiger partial charge in [-0.1, -0.05) is 35.9 Å². The van der Waals surface area contributed by atoms with Crippen LogP contribution < -0.4 is 5.32 Å². The first-order valence-electron chi connectivity index (χ1n) is 6.55. The van der Waals surface area contributed by atoms with E-state index in [0.29, 0.717) is 10.6 Å². The van der Waals surface area contributed by atoms with Crippen LogP contribution in [0.15, 0.2) is 54.1 Å². The van der Waals surface area contributed by atoms with Crippen molar-refractivity contribution in [2.75, 3.05) is 5.32 Å². The Morgan fingerprint density at radius 2 is 1.73 bits per heavy atom. The zero-order valence-electron chi connectivity index (χ0n) is 11.8. The lowest BCUT2D eigenvalue weighted by Gasteiger charge is -2.08. The van der Waals surface area contributed by atoms with Crippen molar-refractivity contribution in [3.05, 3.63) is 70.3 Å². The molecule has 0 saturated heterocycles. The van der Waals surface area contributed by atoms with Gasteiger partial charge in [-0.15, -0.1) is 0 Å². The maximum atomic E-state index is 12.2. The van der Waals surface area contributed by atoms with Crippen molar-refractivity contribution in [1.29, 1.82) is 0 Å². The molecule has 0 radical (unpaired) electrons. The highest BCUT2D eigenvalue weighted by molar-refractivity contribution is 6.30. The van der Waals surface area contributed by atoms with Crippen molar-refractivity contribution in [2.45, 2.75) is 6.92 Å². The van der Waals surface area contributed by atoms with Gasteiger partial charge in [-0.2, -0.15) is 0 Å². The van der Waals surface area contributed by atoms with Gasteiger partial charge in [-0.25, -0.2) is 4.79 Å². The number of carbonyl (C=O) groups excluding carboxylic acids is 1. The van der Waals surface area contributed by atoms with E-state index in [1.165, 1.54) is 6.07 Å². The molecular weight excluding hydrogens is 302 g/mol. The minimum absolute atomic E-state index is 0.0511. The van der Waals surface area contributed by atoms with Gasteiger partial charge in [0.2, 0.25) is 0 Å². The molecule has 2 aromatic carbocycles. The molecule has 0 aromatic heterocycles. The number of carboxylic acids is 1. The number of aromatic carboxylic acids is 1. The van der Waals surface area contributed by atoms with Crippen LogP contribution in [0.1, 0.15) is 22.8 Å². The highest BCUT2D eigenvalue weighted by Crippen LogP contribution is 2.17. The zero-order valence-corrected chi connectivity index (χ0v) is 12.6. The largest absolute Gasteiger partial charge is 0.478 e. The van der Waals surface area contributed by atoms with Crippen LogP contribution in [0.4, 0.5) is 5.69 Å².